The van der Waals surface area contributed by atoms with Crippen molar-refractivity contribution in [2.75, 3.05) is 52.9 Å². The molecule has 0 aromatic heterocycles. The third-order valence-corrected chi connectivity index (χ3v) is 4.80. The van der Waals surface area contributed by atoms with E-state index >= 15 is 0 Å². The number of amides is 2. The Balaban J connectivity index is 0.00000264. The first kappa shape index (κ1) is 23.4. The lowest BCUT2D eigenvalue weighted by atomic mass is 10.0. The highest BCUT2D eigenvalue weighted by Gasteiger charge is 2.27. The standard InChI is InChI=1S/C16H30N4O2.2ClH/c1-14-5-3-4-8-20(14)16(22)13-18-9-11-19(12-10-18)15(21)6-7-17-2;;/h14,17H,3-13H2,1-2H3;2*1H. The molecule has 0 aromatic rings. The van der Waals surface area contributed by atoms with Gasteiger partial charge in [-0.1, -0.05) is 0 Å². The van der Waals surface area contributed by atoms with E-state index in [2.05, 4.69) is 17.1 Å². The van der Waals surface area contributed by atoms with E-state index in [1.54, 1.807) is 0 Å². The molecule has 24 heavy (non-hydrogen) atoms. The maximum absolute atomic E-state index is 12.4. The highest BCUT2D eigenvalue weighted by atomic mass is 35.5. The van der Waals surface area contributed by atoms with E-state index in [0.717, 1.165) is 52.1 Å². The van der Waals surface area contributed by atoms with Crippen LogP contribution in [0.2, 0.25) is 0 Å². The number of piperazine rings is 1. The van der Waals surface area contributed by atoms with E-state index in [9.17, 15) is 9.59 Å². The van der Waals surface area contributed by atoms with E-state index in [4.69, 9.17) is 0 Å². The molecule has 0 bridgehead atoms. The summed E-state index contributed by atoms with van der Waals surface area (Å²) < 4.78 is 0. The lowest BCUT2D eigenvalue weighted by Gasteiger charge is -2.38. The molecular weight excluding hydrogens is 351 g/mol. The Hall–Kier alpha value is -0.560. The molecule has 0 radical (unpaired) electrons. The van der Waals surface area contributed by atoms with Gasteiger partial charge in [-0.05, 0) is 33.2 Å². The first-order chi connectivity index (χ1) is 10.6. The van der Waals surface area contributed by atoms with Gasteiger partial charge in [0.2, 0.25) is 11.8 Å². The van der Waals surface area contributed by atoms with Crippen LogP contribution in [0.5, 0.6) is 0 Å². The summed E-state index contributed by atoms with van der Waals surface area (Å²) in [5, 5.41) is 3.00. The van der Waals surface area contributed by atoms with Gasteiger partial charge < -0.3 is 15.1 Å². The number of nitrogens with one attached hydrogen (secondary N) is 1. The first-order valence-electron chi connectivity index (χ1n) is 8.56. The van der Waals surface area contributed by atoms with Crippen LogP contribution in [-0.4, -0.2) is 85.4 Å². The minimum atomic E-state index is 0. The van der Waals surface area contributed by atoms with Gasteiger partial charge in [-0.3, -0.25) is 14.5 Å². The lowest BCUT2D eigenvalue weighted by molar-refractivity contribution is -0.137. The Morgan fingerprint density at radius 1 is 1.00 bits per heavy atom. The molecule has 8 heteroatoms. The fraction of sp³-hybridized carbons (Fsp3) is 0.875. The Kier molecular flexibility index (Phi) is 11.6. The van der Waals surface area contributed by atoms with Gasteiger partial charge in [0.25, 0.3) is 0 Å². The van der Waals surface area contributed by atoms with E-state index in [1.807, 2.05) is 16.8 Å². The number of carbonyl (C=O) groups is 2. The molecule has 0 saturated carbocycles. The summed E-state index contributed by atoms with van der Waals surface area (Å²) in [5.74, 6) is 0.465. The number of hydrogen-bond donors (Lipinski definition) is 1. The Bertz CT molecular complexity index is 390. The van der Waals surface area contributed by atoms with Crippen LogP contribution in [0.25, 0.3) is 0 Å². The second kappa shape index (κ2) is 11.9. The smallest absolute Gasteiger partial charge is 0.236 e. The number of hydrogen-bond acceptors (Lipinski definition) is 4. The molecule has 2 saturated heterocycles. The number of nitrogens with zero attached hydrogens (tertiary/aromatic N) is 3. The van der Waals surface area contributed by atoms with Gasteiger partial charge in [0.1, 0.15) is 0 Å². The van der Waals surface area contributed by atoms with Crippen LogP contribution < -0.4 is 5.32 Å². The molecule has 2 aliphatic rings. The van der Waals surface area contributed by atoms with E-state index in [0.29, 0.717) is 19.0 Å². The first-order valence-corrected chi connectivity index (χ1v) is 8.56. The van der Waals surface area contributed by atoms with Gasteiger partial charge in [0, 0.05) is 51.7 Å². The molecule has 0 aromatic carbocycles. The maximum atomic E-state index is 12.4. The zero-order valence-corrected chi connectivity index (χ0v) is 16.5. The van der Waals surface area contributed by atoms with Crippen LogP contribution in [0.4, 0.5) is 0 Å². The van der Waals surface area contributed by atoms with Crippen molar-refractivity contribution >= 4 is 36.6 Å². The Morgan fingerprint density at radius 3 is 2.25 bits per heavy atom. The SMILES string of the molecule is CNCCC(=O)N1CCN(CC(=O)N2CCCCC2C)CC1.Cl.Cl. The van der Waals surface area contributed by atoms with Crippen molar-refractivity contribution in [1.82, 2.24) is 20.0 Å². The number of piperidine rings is 1. The van der Waals surface area contributed by atoms with Crippen LogP contribution in [0, 0.1) is 0 Å². The highest BCUT2D eigenvalue weighted by molar-refractivity contribution is 5.85. The average molecular weight is 383 g/mol. The molecule has 2 amide bonds. The van der Waals surface area contributed by atoms with Crippen molar-refractivity contribution in [3.63, 3.8) is 0 Å². The monoisotopic (exact) mass is 382 g/mol. The van der Waals surface area contributed by atoms with Crippen molar-refractivity contribution in [2.45, 2.75) is 38.6 Å². The summed E-state index contributed by atoms with van der Waals surface area (Å²) >= 11 is 0. The molecule has 0 spiro atoms. The minimum absolute atomic E-state index is 0. The number of likely N-dealkylation sites (tertiary alicyclic amines) is 1. The molecule has 2 fully saturated rings. The summed E-state index contributed by atoms with van der Waals surface area (Å²) in [5.41, 5.74) is 0. The third-order valence-electron chi connectivity index (χ3n) is 4.80. The van der Waals surface area contributed by atoms with Gasteiger partial charge in [-0.2, -0.15) is 0 Å². The van der Waals surface area contributed by atoms with Crippen molar-refractivity contribution in [3.8, 4) is 0 Å². The van der Waals surface area contributed by atoms with Crippen LogP contribution >= 0.6 is 24.8 Å². The van der Waals surface area contributed by atoms with E-state index < -0.39 is 0 Å². The molecule has 1 atom stereocenters. The largest absolute Gasteiger partial charge is 0.340 e. The normalized spacial score (nSPS) is 21.7. The zero-order chi connectivity index (χ0) is 15.9. The maximum Gasteiger partial charge on any atom is 0.236 e. The van der Waals surface area contributed by atoms with Crippen molar-refractivity contribution in [2.24, 2.45) is 0 Å². The van der Waals surface area contributed by atoms with Crippen LogP contribution in [0.3, 0.4) is 0 Å². The summed E-state index contributed by atoms with van der Waals surface area (Å²) in [6.45, 7) is 7.38. The molecule has 6 nitrogen and oxygen atoms in total. The van der Waals surface area contributed by atoms with Gasteiger partial charge in [0.15, 0.2) is 0 Å². The van der Waals surface area contributed by atoms with Gasteiger partial charge in [-0.25, -0.2) is 0 Å². The molecule has 142 valence electrons. The molecule has 2 heterocycles. The Morgan fingerprint density at radius 2 is 1.67 bits per heavy atom. The highest BCUT2D eigenvalue weighted by Crippen LogP contribution is 2.17. The second-order valence-corrected chi connectivity index (χ2v) is 6.44. The average Bonchev–Trinajstić information content (AvgIpc) is 2.53. The lowest BCUT2D eigenvalue weighted by Crippen LogP contribution is -2.53. The predicted octanol–water partition coefficient (Wildman–Crippen LogP) is 0.985. The summed E-state index contributed by atoms with van der Waals surface area (Å²) in [7, 11) is 1.86. The number of halogens is 2. The van der Waals surface area contributed by atoms with E-state index in [-0.39, 0.29) is 36.6 Å². The quantitative estimate of drug-likeness (QED) is 0.769. The van der Waals surface area contributed by atoms with Crippen molar-refractivity contribution < 1.29 is 9.59 Å². The van der Waals surface area contributed by atoms with Crippen LogP contribution in [0.15, 0.2) is 0 Å². The summed E-state index contributed by atoms with van der Waals surface area (Å²) in [6.07, 6.45) is 4.04. The molecule has 1 N–H and O–H groups in total. The van der Waals surface area contributed by atoms with Gasteiger partial charge in [-0.15, -0.1) is 24.8 Å². The third kappa shape index (κ3) is 6.75. The van der Waals surface area contributed by atoms with Crippen LogP contribution in [-0.2, 0) is 9.59 Å². The zero-order valence-electron chi connectivity index (χ0n) is 14.8. The molecule has 1 unspecified atom stereocenters. The molecule has 2 rings (SSSR count). The van der Waals surface area contributed by atoms with Crippen LogP contribution in [0.1, 0.15) is 32.6 Å². The Labute approximate surface area is 158 Å². The predicted molar refractivity (Wildman–Crippen MR) is 101 cm³/mol. The van der Waals surface area contributed by atoms with Crippen molar-refractivity contribution in [3.05, 3.63) is 0 Å². The van der Waals surface area contributed by atoms with Gasteiger partial charge >= 0.3 is 0 Å². The molecule has 0 aliphatic carbocycles. The fourth-order valence-corrected chi connectivity index (χ4v) is 3.30. The summed E-state index contributed by atoms with van der Waals surface area (Å²) in [4.78, 5) is 30.5. The number of rotatable bonds is 5. The number of carbonyl (C=O) groups excluding carboxylic acids is 2. The fourth-order valence-electron chi connectivity index (χ4n) is 3.30. The van der Waals surface area contributed by atoms with E-state index in [1.165, 1.54) is 6.42 Å². The topological polar surface area (TPSA) is 55.9 Å². The summed E-state index contributed by atoms with van der Waals surface area (Å²) in [6, 6.07) is 0.380. The molecule has 2 aliphatic heterocycles. The second-order valence-electron chi connectivity index (χ2n) is 6.44. The van der Waals surface area contributed by atoms with Gasteiger partial charge in [0.05, 0.1) is 6.54 Å². The minimum Gasteiger partial charge on any atom is -0.340 e. The van der Waals surface area contributed by atoms with Crippen molar-refractivity contribution in [1.29, 1.82) is 0 Å². The molecular formula is C16H32Cl2N4O2.